The van der Waals surface area contributed by atoms with Crippen molar-refractivity contribution in [3.05, 3.63) is 28.3 Å². The Morgan fingerprint density at radius 1 is 1.37 bits per heavy atom. The van der Waals surface area contributed by atoms with Crippen molar-refractivity contribution in [1.29, 1.82) is 0 Å². The molecule has 106 valence electrons. The molecule has 0 saturated carbocycles. The van der Waals surface area contributed by atoms with Crippen molar-refractivity contribution in [2.45, 2.75) is 32.7 Å². The quantitative estimate of drug-likeness (QED) is 0.873. The van der Waals surface area contributed by atoms with Crippen LogP contribution < -0.4 is 10.5 Å². The molecule has 19 heavy (non-hydrogen) atoms. The molecule has 0 aromatic heterocycles. The van der Waals surface area contributed by atoms with Crippen molar-refractivity contribution in [3.63, 3.8) is 0 Å². The second-order valence-corrected chi connectivity index (χ2v) is 7.06. The van der Waals surface area contributed by atoms with Gasteiger partial charge in [-0.25, -0.2) is 0 Å². The number of fused-ring (bicyclic) bond motifs is 1. The monoisotopic (exact) mass is 299 g/mol. The summed E-state index contributed by atoms with van der Waals surface area (Å²) in [5.74, 6) is 3.89. The molecular weight excluding hydrogens is 278 g/mol. The molecule has 0 amide bonds. The summed E-state index contributed by atoms with van der Waals surface area (Å²) in [6.07, 6.45) is 1.80. The highest BCUT2D eigenvalue weighted by atomic mass is 35.5. The molecule has 1 heterocycles. The number of benzene rings is 1. The lowest BCUT2D eigenvalue weighted by Crippen LogP contribution is -2.26. The van der Waals surface area contributed by atoms with E-state index in [4.69, 9.17) is 22.1 Å². The fraction of sp³-hybridized carbons (Fsp3) is 0.600. The van der Waals surface area contributed by atoms with Crippen LogP contribution >= 0.6 is 23.4 Å². The van der Waals surface area contributed by atoms with Gasteiger partial charge in [0, 0.05) is 23.2 Å². The van der Waals surface area contributed by atoms with E-state index >= 15 is 0 Å². The molecule has 1 aliphatic rings. The lowest BCUT2D eigenvalue weighted by molar-refractivity contribution is 0.353. The molecule has 2 N–H and O–H groups in total. The van der Waals surface area contributed by atoms with Gasteiger partial charge in [0.15, 0.2) is 0 Å². The van der Waals surface area contributed by atoms with Gasteiger partial charge in [-0.1, -0.05) is 25.4 Å². The van der Waals surface area contributed by atoms with Crippen molar-refractivity contribution >= 4 is 23.4 Å². The first-order valence-corrected chi connectivity index (χ1v) is 8.37. The van der Waals surface area contributed by atoms with Gasteiger partial charge in [0.1, 0.15) is 5.75 Å². The van der Waals surface area contributed by atoms with Gasteiger partial charge < -0.3 is 10.5 Å². The maximum Gasteiger partial charge on any atom is 0.125 e. The summed E-state index contributed by atoms with van der Waals surface area (Å²) >= 11 is 8.08. The predicted molar refractivity (Wildman–Crippen MR) is 84.5 cm³/mol. The third-order valence-corrected chi connectivity index (χ3v) is 4.87. The van der Waals surface area contributed by atoms with Gasteiger partial charge in [-0.05, 0) is 41.4 Å². The maximum absolute atomic E-state index is 6.22. The summed E-state index contributed by atoms with van der Waals surface area (Å²) in [4.78, 5) is 0. The second-order valence-electron chi connectivity index (χ2n) is 5.55. The Labute approximate surface area is 125 Å². The highest BCUT2D eigenvalue weighted by Crippen LogP contribution is 2.33. The van der Waals surface area contributed by atoms with Gasteiger partial charge in [-0.15, -0.1) is 0 Å². The van der Waals surface area contributed by atoms with Crippen molar-refractivity contribution in [3.8, 4) is 5.75 Å². The van der Waals surface area contributed by atoms with Crippen LogP contribution in [0.2, 0.25) is 5.02 Å². The lowest BCUT2D eigenvalue weighted by atomic mass is 10.0. The molecule has 4 heteroatoms. The topological polar surface area (TPSA) is 35.2 Å². The van der Waals surface area contributed by atoms with Crippen LogP contribution in [0.4, 0.5) is 0 Å². The molecule has 2 nitrogen and oxygen atoms in total. The van der Waals surface area contributed by atoms with E-state index in [9.17, 15) is 0 Å². The van der Waals surface area contributed by atoms with E-state index in [1.165, 1.54) is 5.56 Å². The molecule has 1 aromatic carbocycles. The van der Waals surface area contributed by atoms with Gasteiger partial charge in [-0.3, -0.25) is 0 Å². The summed E-state index contributed by atoms with van der Waals surface area (Å²) in [6, 6.07) is 4.17. The summed E-state index contributed by atoms with van der Waals surface area (Å²) in [7, 11) is 0. The maximum atomic E-state index is 6.22. The van der Waals surface area contributed by atoms with E-state index < -0.39 is 0 Å². The summed E-state index contributed by atoms with van der Waals surface area (Å²) in [5.41, 5.74) is 8.61. The van der Waals surface area contributed by atoms with E-state index in [-0.39, 0.29) is 6.04 Å². The van der Waals surface area contributed by atoms with E-state index in [1.54, 1.807) is 0 Å². The number of nitrogens with two attached hydrogens (primary N) is 1. The molecule has 0 aliphatic carbocycles. The third-order valence-electron chi connectivity index (χ3n) is 3.09. The van der Waals surface area contributed by atoms with E-state index in [0.29, 0.717) is 0 Å². The zero-order valence-corrected chi connectivity index (χ0v) is 13.2. The molecule has 0 spiro atoms. The van der Waals surface area contributed by atoms with Crippen LogP contribution in [0.1, 0.15) is 25.0 Å². The highest BCUT2D eigenvalue weighted by molar-refractivity contribution is 7.99. The molecule has 1 aliphatic heterocycles. The van der Waals surface area contributed by atoms with Crippen molar-refractivity contribution in [1.82, 2.24) is 0 Å². The van der Waals surface area contributed by atoms with Gasteiger partial charge in [0.05, 0.1) is 6.61 Å². The molecule has 1 atom stereocenters. The van der Waals surface area contributed by atoms with Gasteiger partial charge in [-0.2, -0.15) is 11.8 Å². The minimum atomic E-state index is 0.163. The molecule has 0 radical (unpaired) electrons. The first-order chi connectivity index (χ1) is 9.06. The Kier molecular flexibility index (Phi) is 5.43. The average molecular weight is 300 g/mol. The number of hydrogen-bond donors (Lipinski definition) is 1. The molecule has 0 saturated heterocycles. The predicted octanol–water partition coefficient (Wildman–Crippen LogP) is 3.53. The summed E-state index contributed by atoms with van der Waals surface area (Å²) < 4.78 is 5.71. The largest absolute Gasteiger partial charge is 0.493 e. The smallest absolute Gasteiger partial charge is 0.125 e. The molecule has 1 unspecified atom stereocenters. The Morgan fingerprint density at radius 3 is 2.89 bits per heavy atom. The zero-order chi connectivity index (χ0) is 13.8. The summed E-state index contributed by atoms with van der Waals surface area (Å²) in [6.45, 7) is 5.23. The SMILES string of the molecule is CC(C)CSCC(N)Cc1cc(Cl)cc2c1OCC2. The molecule has 0 bridgehead atoms. The fourth-order valence-corrected chi connectivity index (χ4v) is 3.59. The van der Waals surface area contributed by atoms with E-state index in [1.807, 2.05) is 23.9 Å². The molecule has 0 fully saturated rings. The zero-order valence-electron chi connectivity index (χ0n) is 11.6. The minimum Gasteiger partial charge on any atom is -0.493 e. The normalized spacial score (nSPS) is 15.4. The number of ether oxygens (including phenoxy) is 1. The van der Waals surface area contributed by atoms with Gasteiger partial charge >= 0.3 is 0 Å². The number of rotatable bonds is 6. The number of hydrogen-bond acceptors (Lipinski definition) is 3. The Hall–Kier alpha value is -0.380. The van der Waals surface area contributed by atoms with Crippen LogP contribution in [0.25, 0.3) is 0 Å². The fourth-order valence-electron chi connectivity index (χ4n) is 2.29. The number of halogens is 1. The van der Waals surface area contributed by atoms with Crippen LogP contribution in [-0.2, 0) is 12.8 Å². The average Bonchev–Trinajstić information content (AvgIpc) is 2.76. The van der Waals surface area contributed by atoms with Crippen LogP contribution in [-0.4, -0.2) is 24.2 Å². The Morgan fingerprint density at radius 2 is 2.16 bits per heavy atom. The highest BCUT2D eigenvalue weighted by Gasteiger charge is 2.19. The molecule has 2 rings (SSSR count). The Balaban J connectivity index is 1.95. The Bertz CT molecular complexity index is 436. The first kappa shape index (κ1) is 15.0. The summed E-state index contributed by atoms with van der Waals surface area (Å²) in [5, 5.41) is 0.793. The minimum absolute atomic E-state index is 0.163. The lowest BCUT2D eigenvalue weighted by Gasteiger charge is -2.15. The second kappa shape index (κ2) is 6.87. The van der Waals surface area contributed by atoms with E-state index in [0.717, 1.165) is 53.2 Å². The number of thioether (sulfide) groups is 1. The van der Waals surface area contributed by atoms with Gasteiger partial charge in [0.2, 0.25) is 0 Å². The molecule has 1 aromatic rings. The van der Waals surface area contributed by atoms with Crippen LogP contribution in [0.5, 0.6) is 5.75 Å². The first-order valence-electron chi connectivity index (χ1n) is 6.83. The van der Waals surface area contributed by atoms with Crippen molar-refractivity contribution in [2.24, 2.45) is 11.7 Å². The van der Waals surface area contributed by atoms with Crippen LogP contribution in [0.15, 0.2) is 12.1 Å². The van der Waals surface area contributed by atoms with Gasteiger partial charge in [0.25, 0.3) is 0 Å². The van der Waals surface area contributed by atoms with Crippen LogP contribution in [0.3, 0.4) is 0 Å². The standard InChI is InChI=1S/C15H22ClNOS/c1-10(2)8-19-9-14(17)7-12-6-13(16)5-11-3-4-18-15(11)12/h5-6,10,14H,3-4,7-9,17H2,1-2H3. The molecular formula is C15H22ClNOS. The van der Waals surface area contributed by atoms with E-state index in [2.05, 4.69) is 13.8 Å². The van der Waals surface area contributed by atoms with Crippen LogP contribution in [0, 0.1) is 5.92 Å². The van der Waals surface area contributed by atoms with Crippen molar-refractivity contribution in [2.75, 3.05) is 18.1 Å². The van der Waals surface area contributed by atoms with Crippen molar-refractivity contribution < 1.29 is 4.74 Å². The third kappa shape index (κ3) is 4.30.